The third-order valence-corrected chi connectivity index (χ3v) is 9.61. The van der Waals surface area contributed by atoms with Gasteiger partial charge in [-0.15, -0.1) is 0 Å². The van der Waals surface area contributed by atoms with E-state index in [4.69, 9.17) is 5.10 Å². The van der Waals surface area contributed by atoms with Crippen molar-refractivity contribution in [3.05, 3.63) is 107 Å². The maximum Gasteiger partial charge on any atom is 0.322 e. The monoisotopic (exact) mass is 732 g/mol. The van der Waals surface area contributed by atoms with Gasteiger partial charge in [0.2, 0.25) is 11.8 Å². The van der Waals surface area contributed by atoms with E-state index < -0.39 is 0 Å². The second-order valence-electron chi connectivity index (χ2n) is 13.7. The Bertz CT molecular complexity index is 1920. The second-order valence-corrected chi connectivity index (χ2v) is 13.7. The fraction of sp³-hybridized carbons (Fsp3) is 0.350. The summed E-state index contributed by atoms with van der Waals surface area (Å²) >= 11 is 0. The maximum atomic E-state index is 12.9. The van der Waals surface area contributed by atoms with E-state index in [1.165, 1.54) is 22.1 Å². The number of amides is 7. The zero-order valence-corrected chi connectivity index (χ0v) is 30.3. The van der Waals surface area contributed by atoms with Crippen molar-refractivity contribution in [3.63, 3.8) is 0 Å². The maximum absolute atomic E-state index is 12.9. The number of anilines is 1. The van der Waals surface area contributed by atoms with Crippen molar-refractivity contribution in [1.82, 2.24) is 30.4 Å². The molecule has 3 aromatic rings. The number of carbonyl (C=O) groups is 6. The molecule has 1 unspecified atom stereocenters. The lowest BCUT2D eigenvalue weighted by atomic mass is 9.93. The van der Waals surface area contributed by atoms with Gasteiger partial charge >= 0.3 is 6.03 Å². The van der Waals surface area contributed by atoms with Crippen molar-refractivity contribution >= 4 is 47.0 Å². The lowest BCUT2D eigenvalue weighted by Crippen LogP contribution is -2.36. The molecule has 1 atom stereocenters. The van der Waals surface area contributed by atoms with Crippen LogP contribution in [0.25, 0.3) is 0 Å². The third kappa shape index (κ3) is 9.62. The van der Waals surface area contributed by atoms with Crippen LogP contribution >= 0.6 is 0 Å². The van der Waals surface area contributed by atoms with Gasteiger partial charge in [0.15, 0.2) is 0 Å². The Morgan fingerprint density at radius 3 is 2.28 bits per heavy atom. The quantitative estimate of drug-likeness (QED) is 0.156. The topological polar surface area (TPSA) is 173 Å². The van der Waals surface area contributed by atoms with Gasteiger partial charge in [0.05, 0.1) is 12.3 Å². The molecule has 2 aromatic carbocycles. The number of carbonyl (C=O) groups excluding carboxylic acids is 6. The van der Waals surface area contributed by atoms with Gasteiger partial charge in [-0.2, -0.15) is 5.10 Å². The van der Waals surface area contributed by atoms with Crippen molar-refractivity contribution in [3.8, 4) is 0 Å². The highest BCUT2D eigenvalue weighted by molar-refractivity contribution is 6.12. The smallest absolute Gasteiger partial charge is 0.322 e. The van der Waals surface area contributed by atoms with Crippen LogP contribution in [0.2, 0.25) is 0 Å². The molecule has 3 N–H and O–H groups in total. The van der Waals surface area contributed by atoms with Crippen molar-refractivity contribution in [2.75, 3.05) is 25.0 Å². The van der Waals surface area contributed by atoms with Gasteiger partial charge in [-0.3, -0.25) is 33.9 Å². The zero-order valence-electron chi connectivity index (χ0n) is 30.3. The highest BCUT2D eigenvalue weighted by Crippen LogP contribution is 2.25. The van der Waals surface area contributed by atoms with E-state index in [1.807, 2.05) is 37.3 Å². The first-order chi connectivity index (χ1) is 26.1. The molecule has 14 heteroatoms. The van der Waals surface area contributed by atoms with Crippen LogP contribution in [0.1, 0.15) is 78.1 Å². The van der Waals surface area contributed by atoms with E-state index >= 15 is 0 Å². The molecule has 0 bridgehead atoms. The molecule has 54 heavy (non-hydrogen) atoms. The largest absolute Gasteiger partial charge is 0.356 e. The average molecular weight is 733 g/mol. The average Bonchev–Trinajstić information content (AvgIpc) is 3.75. The Labute approximate surface area is 313 Å². The summed E-state index contributed by atoms with van der Waals surface area (Å²) in [5.41, 5.74) is 5.77. The molecule has 0 aliphatic carbocycles. The lowest BCUT2D eigenvalue weighted by Gasteiger charge is -2.28. The number of benzene rings is 2. The van der Waals surface area contributed by atoms with Crippen LogP contribution in [0, 0.1) is 5.92 Å². The molecule has 0 radical (unpaired) electrons. The van der Waals surface area contributed by atoms with Crippen LogP contribution in [0.4, 0.5) is 10.5 Å². The van der Waals surface area contributed by atoms with Crippen molar-refractivity contribution in [2.24, 2.45) is 11.0 Å². The predicted molar refractivity (Wildman–Crippen MR) is 201 cm³/mol. The first-order valence-corrected chi connectivity index (χ1v) is 18.3. The number of aromatic nitrogens is 1. The minimum atomic E-state index is -0.291. The molecule has 3 aliphatic rings. The normalized spacial score (nSPS) is 16.4. The summed E-state index contributed by atoms with van der Waals surface area (Å²) < 4.78 is 0. The Morgan fingerprint density at radius 2 is 1.54 bits per heavy atom. The first kappa shape index (κ1) is 37.6. The molecule has 0 fully saturated rings. The highest BCUT2D eigenvalue weighted by Gasteiger charge is 2.28. The van der Waals surface area contributed by atoms with Crippen LogP contribution in [0.3, 0.4) is 0 Å². The van der Waals surface area contributed by atoms with Crippen LogP contribution in [0.15, 0.2) is 84.2 Å². The standard InChI is InChI=1S/C40H44N8O6/c1-27-22-37(52)48(45-38(27)29-11-13-33(14-12-29)44-40(54)46-25-31-17-20-41-23-32(31)26-46)24-28-7-9-30(10-8-28)39(53)43-19-5-18-42-34(49)6-3-2-4-21-47-35(50)15-16-36(47)51/h7-17,20,23,27H,2-6,18-19,21-22,24-26H2,1H3,(H,42,49)(H,43,53)(H,44,54). The summed E-state index contributed by atoms with van der Waals surface area (Å²) in [6.07, 6.45) is 9.33. The van der Waals surface area contributed by atoms with Gasteiger partial charge in [-0.25, -0.2) is 9.80 Å². The molecule has 280 valence electrons. The van der Waals surface area contributed by atoms with E-state index in [-0.39, 0.29) is 48.0 Å². The van der Waals surface area contributed by atoms with Crippen molar-refractivity contribution in [2.45, 2.75) is 65.1 Å². The Balaban J connectivity index is 0.903. The number of pyridine rings is 1. The summed E-state index contributed by atoms with van der Waals surface area (Å²) in [7, 11) is 0. The molecular formula is C40H44N8O6. The lowest BCUT2D eigenvalue weighted by molar-refractivity contribution is -0.137. The molecule has 3 aliphatic heterocycles. The molecule has 1 aromatic heterocycles. The SMILES string of the molecule is CC1CC(=O)N(Cc2ccc(C(=O)NCCCNC(=O)CCCCCN3C(=O)C=CC3=O)cc2)N=C1c1ccc(NC(=O)N2Cc3ccncc3C2)cc1. The number of urea groups is 1. The van der Waals surface area contributed by atoms with E-state index in [2.05, 4.69) is 20.9 Å². The van der Waals surface area contributed by atoms with E-state index in [0.717, 1.165) is 34.4 Å². The molecule has 0 saturated carbocycles. The molecule has 0 saturated heterocycles. The fourth-order valence-electron chi connectivity index (χ4n) is 6.53. The molecule has 6 rings (SSSR count). The van der Waals surface area contributed by atoms with Crippen molar-refractivity contribution < 1.29 is 28.8 Å². The Kier molecular flexibility index (Phi) is 12.2. The summed E-state index contributed by atoms with van der Waals surface area (Å²) in [6, 6.07) is 16.3. The molecular weight excluding hydrogens is 688 g/mol. The summed E-state index contributed by atoms with van der Waals surface area (Å²) in [4.78, 5) is 80.9. The second kappa shape index (κ2) is 17.6. The fourth-order valence-corrected chi connectivity index (χ4v) is 6.53. The number of hydrogen-bond donors (Lipinski definition) is 3. The number of unbranched alkanes of at least 4 members (excludes halogenated alkanes) is 2. The zero-order chi connectivity index (χ0) is 38.0. The van der Waals surface area contributed by atoms with E-state index in [0.29, 0.717) is 76.1 Å². The summed E-state index contributed by atoms with van der Waals surface area (Å²) in [5, 5.41) is 14.9. The number of imide groups is 1. The van der Waals surface area contributed by atoms with Gasteiger partial charge in [-0.1, -0.05) is 37.6 Å². The molecule has 0 spiro atoms. The first-order valence-electron chi connectivity index (χ1n) is 18.3. The molecule has 14 nitrogen and oxygen atoms in total. The predicted octanol–water partition coefficient (Wildman–Crippen LogP) is 4.12. The number of rotatable bonds is 15. The minimum Gasteiger partial charge on any atom is -0.356 e. The minimum absolute atomic E-state index is 0.0771. The number of hydrazone groups is 1. The van der Waals surface area contributed by atoms with Gasteiger partial charge < -0.3 is 20.9 Å². The van der Waals surface area contributed by atoms with E-state index in [1.54, 1.807) is 41.6 Å². The number of nitrogens with zero attached hydrogens (tertiary/aromatic N) is 5. The number of nitrogens with one attached hydrogen (secondary N) is 3. The Morgan fingerprint density at radius 1 is 0.815 bits per heavy atom. The van der Waals surface area contributed by atoms with Crippen LogP contribution in [0.5, 0.6) is 0 Å². The molecule has 7 amide bonds. The van der Waals surface area contributed by atoms with Gasteiger partial charge in [0, 0.05) is 87.3 Å². The van der Waals surface area contributed by atoms with Gasteiger partial charge in [0.1, 0.15) is 0 Å². The summed E-state index contributed by atoms with van der Waals surface area (Å²) in [6.45, 7) is 4.47. The van der Waals surface area contributed by atoms with Gasteiger partial charge in [-0.05, 0) is 71.8 Å². The van der Waals surface area contributed by atoms with Crippen LogP contribution in [-0.2, 0) is 38.8 Å². The number of fused-ring (bicyclic) bond motifs is 1. The van der Waals surface area contributed by atoms with E-state index in [9.17, 15) is 28.8 Å². The Hall–Kier alpha value is -6.18. The summed E-state index contributed by atoms with van der Waals surface area (Å²) in [5.74, 6) is -1.06. The van der Waals surface area contributed by atoms with Gasteiger partial charge in [0.25, 0.3) is 17.7 Å². The number of hydrogen-bond acceptors (Lipinski definition) is 8. The van der Waals surface area contributed by atoms with Crippen LogP contribution < -0.4 is 16.0 Å². The van der Waals surface area contributed by atoms with Crippen molar-refractivity contribution in [1.29, 1.82) is 0 Å². The molecule has 4 heterocycles. The highest BCUT2D eigenvalue weighted by atomic mass is 16.2. The third-order valence-electron chi connectivity index (χ3n) is 9.61. The van der Waals surface area contributed by atoms with Crippen LogP contribution in [-0.4, -0.2) is 80.7 Å².